The van der Waals surface area contributed by atoms with Crippen molar-refractivity contribution in [3.63, 3.8) is 0 Å². The molecule has 4 nitrogen and oxygen atoms in total. The first-order valence-corrected chi connectivity index (χ1v) is 4.34. The Bertz CT molecular complexity index is 478. The van der Waals surface area contributed by atoms with Crippen molar-refractivity contribution < 1.29 is 9.90 Å². The molecule has 0 fully saturated rings. The summed E-state index contributed by atoms with van der Waals surface area (Å²) >= 11 is 3.30. The number of pyridine rings is 1. The van der Waals surface area contributed by atoms with E-state index >= 15 is 0 Å². The zero-order valence-electron chi connectivity index (χ0n) is 6.41. The molecule has 0 radical (unpaired) electrons. The smallest absolute Gasteiger partial charge is 0.356 e. The van der Waals surface area contributed by atoms with Crippen molar-refractivity contribution in [2.45, 2.75) is 0 Å². The Morgan fingerprint density at radius 3 is 3.08 bits per heavy atom. The van der Waals surface area contributed by atoms with Crippen molar-refractivity contribution in [1.82, 2.24) is 9.97 Å². The molecule has 0 saturated heterocycles. The lowest BCUT2D eigenvalue weighted by molar-refractivity contribution is 0.0692. The highest BCUT2D eigenvalue weighted by atomic mass is 79.9. The third-order valence-corrected chi connectivity index (χ3v) is 2.41. The van der Waals surface area contributed by atoms with Gasteiger partial charge in [-0.05, 0) is 22.0 Å². The van der Waals surface area contributed by atoms with Crippen molar-refractivity contribution in [2.24, 2.45) is 0 Å². The van der Waals surface area contributed by atoms with Crippen molar-refractivity contribution >= 4 is 32.8 Å². The molecule has 2 heterocycles. The molecular formula is C8H5BrN2O2. The number of nitrogens with one attached hydrogen (secondary N) is 1. The number of carboxylic acids is 1. The van der Waals surface area contributed by atoms with E-state index in [-0.39, 0.29) is 5.69 Å². The molecule has 0 bridgehead atoms. The summed E-state index contributed by atoms with van der Waals surface area (Å²) in [4.78, 5) is 17.3. The van der Waals surface area contributed by atoms with E-state index in [0.29, 0.717) is 5.52 Å². The number of carboxylic acid groups (broad SMARTS) is 1. The Morgan fingerprint density at radius 1 is 1.62 bits per heavy atom. The van der Waals surface area contributed by atoms with E-state index in [2.05, 4.69) is 25.9 Å². The molecule has 2 aromatic rings. The number of carbonyl (C=O) groups is 1. The highest BCUT2D eigenvalue weighted by molar-refractivity contribution is 9.10. The summed E-state index contributed by atoms with van der Waals surface area (Å²) in [7, 11) is 0. The van der Waals surface area contributed by atoms with Gasteiger partial charge in [-0.15, -0.1) is 0 Å². The van der Waals surface area contributed by atoms with Crippen LogP contribution in [0.4, 0.5) is 0 Å². The SMILES string of the molecule is O=C(O)c1nccc2c(Br)c[nH]c12. The van der Waals surface area contributed by atoms with Crippen LogP contribution < -0.4 is 0 Å². The molecule has 0 unspecified atom stereocenters. The largest absolute Gasteiger partial charge is 0.476 e. The maximum absolute atomic E-state index is 10.7. The maximum atomic E-state index is 10.7. The maximum Gasteiger partial charge on any atom is 0.356 e. The first-order valence-electron chi connectivity index (χ1n) is 3.55. The minimum absolute atomic E-state index is 0.0446. The lowest BCUT2D eigenvalue weighted by atomic mass is 10.2. The van der Waals surface area contributed by atoms with Gasteiger partial charge >= 0.3 is 5.97 Å². The monoisotopic (exact) mass is 240 g/mol. The average molecular weight is 241 g/mol. The predicted molar refractivity (Wildman–Crippen MR) is 50.8 cm³/mol. The van der Waals surface area contributed by atoms with E-state index in [0.717, 1.165) is 9.86 Å². The van der Waals surface area contributed by atoms with E-state index in [1.165, 1.54) is 6.20 Å². The molecule has 0 aliphatic carbocycles. The van der Waals surface area contributed by atoms with Crippen molar-refractivity contribution in [1.29, 1.82) is 0 Å². The number of H-pyrrole nitrogens is 1. The molecule has 0 aliphatic rings. The fraction of sp³-hybridized carbons (Fsp3) is 0. The highest BCUT2D eigenvalue weighted by Crippen LogP contribution is 2.24. The number of halogens is 1. The summed E-state index contributed by atoms with van der Waals surface area (Å²) in [6, 6.07) is 1.75. The van der Waals surface area contributed by atoms with Gasteiger partial charge in [-0.25, -0.2) is 9.78 Å². The quantitative estimate of drug-likeness (QED) is 0.802. The molecule has 5 heteroatoms. The summed E-state index contributed by atoms with van der Waals surface area (Å²) in [6.07, 6.45) is 3.17. The molecular weight excluding hydrogens is 236 g/mol. The third-order valence-electron chi connectivity index (χ3n) is 1.75. The Morgan fingerprint density at radius 2 is 2.38 bits per heavy atom. The second-order valence-corrected chi connectivity index (χ2v) is 3.38. The molecule has 2 rings (SSSR count). The standard InChI is InChI=1S/C8H5BrN2O2/c9-5-3-11-6-4(5)1-2-10-7(6)8(12)13/h1-3,11H,(H,12,13). The normalized spacial score (nSPS) is 10.5. The van der Waals surface area contributed by atoms with Crippen LogP contribution in [0.5, 0.6) is 0 Å². The van der Waals surface area contributed by atoms with Crippen LogP contribution in [0.3, 0.4) is 0 Å². The van der Waals surface area contributed by atoms with Crippen LogP contribution in [-0.4, -0.2) is 21.0 Å². The molecule has 66 valence electrons. The topological polar surface area (TPSA) is 66.0 Å². The molecule has 0 aromatic carbocycles. The minimum Gasteiger partial charge on any atom is -0.476 e. The first kappa shape index (κ1) is 8.25. The van der Waals surface area contributed by atoms with Crippen molar-refractivity contribution in [3.8, 4) is 0 Å². The van der Waals surface area contributed by atoms with Gasteiger partial charge in [0, 0.05) is 22.3 Å². The number of rotatable bonds is 1. The second kappa shape index (κ2) is 2.85. The van der Waals surface area contributed by atoms with Gasteiger partial charge in [0.15, 0.2) is 5.69 Å². The van der Waals surface area contributed by atoms with E-state index < -0.39 is 5.97 Å². The number of aromatic nitrogens is 2. The van der Waals surface area contributed by atoms with Crippen LogP contribution in [0.15, 0.2) is 22.9 Å². The van der Waals surface area contributed by atoms with Crippen LogP contribution >= 0.6 is 15.9 Å². The van der Waals surface area contributed by atoms with Crippen LogP contribution in [0.1, 0.15) is 10.5 Å². The number of aromatic carboxylic acids is 1. The van der Waals surface area contributed by atoms with Gasteiger partial charge in [-0.1, -0.05) is 0 Å². The predicted octanol–water partition coefficient (Wildman–Crippen LogP) is 2.02. The van der Waals surface area contributed by atoms with Crippen molar-refractivity contribution in [2.75, 3.05) is 0 Å². The molecule has 2 N–H and O–H groups in total. The number of hydrogen-bond donors (Lipinski definition) is 2. The lowest BCUT2D eigenvalue weighted by Gasteiger charge is -1.94. The fourth-order valence-corrected chi connectivity index (χ4v) is 1.63. The van der Waals surface area contributed by atoms with Crippen LogP contribution in [0, 0.1) is 0 Å². The van der Waals surface area contributed by atoms with Gasteiger partial charge in [-0.2, -0.15) is 0 Å². The van der Waals surface area contributed by atoms with Gasteiger partial charge in [0.05, 0.1) is 5.52 Å². The van der Waals surface area contributed by atoms with E-state index in [4.69, 9.17) is 5.11 Å². The number of aromatic amines is 1. The summed E-state index contributed by atoms with van der Waals surface area (Å²) in [5.41, 5.74) is 0.588. The van der Waals surface area contributed by atoms with Crippen LogP contribution in [0.25, 0.3) is 10.9 Å². The Kier molecular flexibility index (Phi) is 1.81. The van der Waals surface area contributed by atoms with Gasteiger partial charge in [0.25, 0.3) is 0 Å². The van der Waals surface area contributed by atoms with E-state index in [9.17, 15) is 4.79 Å². The average Bonchev–Trinajstić information content (AvgIpc) is 2.48. The zero-order valence-corrected chi connectivity index (χ0v) is 8.00. The first-order chi connectivity index (χ1) is 6.20. The Labute approximate surface area is 81.7 Å². The van der Waals surface area contributed by atoms with Gasteiger partial charge in [-0.3, -0.25) is 0 Å². The van der Waals surface area contributed by atoms with Crippen LogP contribution in [-0.2, 0) is 0 Å². The molecule has 13 heavy (non-hydrogen) atoms. The Balaban J connectivity index is 2.84. The van der Waals surface area contributed by atoms with Gasteiger partial charge in [0.1, 0.15) is 0 Å². The molecule has 2 aromatic heterocycles. The number of nitrogens with zero attached hydrogens (tertiary/aromatic N) is 1. The molecule has 0 spiro atoms. The van der Waals surface area contributed by atoms with E-state index in [1.54, 1.807) is 12.3 Å². The van der Waals surface area contributed by atoms with Gasteiger partial charge in [0.2, 0.25) is 0 Å². The van der Waals surface area contributed by atoms with Crippen LogP contribution in [0.2, 0.25) is 0 Å². The van der Waals surface area contributed by atoms with Crippen molar-refractivity contribution in [3.05, 3.63) is 28.6 Å². The Hall–Kier alpha value is -1.36. The zero-order chi connectivity index (χ0) is 9.42. The molecule has 0 aliphatic heterocycles. The lowest BCUT2D eigenvalue weighted by Crippen LogP contribution is -2.00. The molecule has 0 saturated carbocycles. The summed E-state index contributed by atoms with van der Waals surface area (Å²) in [5, 5.41) is 9.62. The van der Waals surface area contributed by atoms with E-state index in [1.807, 2.05) is 0 Å². The molecule has 0 amide bonds. The van der Waals surface area contributed by atoms with Gasteiger partial charge < -0.3 is 10.1 Å². The summed E-state index contributed by atoms with van der Waals surface area (Å²) < 4.78 is 0.840. The summed E-state index contributed by atoms with van der Waals surface area (Å²) in [6.45, 7) is 0. The highest BCUT2D eigenvalue weighted by Gasteiger charge is 2.12. The second-order valence-electron chi connectivity index (χ2n) is 2.52. The summed E-state index contributed by atoms with van der Waals surface area (Å²) in [5.74, 6) is -1.03. The number of hydrogen-bond acceptors (Lipinski definition) is 2. The third kappa shape index (κ3) is 1.21. The minimum atomic E-state index is -1.03. The number of fused-ring (bicyclic) bond motifs is 1. The molecule has 0 atom stereocenters. The fourth-order valence-electron chi connectivity index (χ4n) is 1.18.